The van der Waals surface area contributed by atoms with Gasteiger partial charge in [0.05, 0.1) is 10.7 Å². The Morgan fingerprint density at radius 3 is 2.88 bits per heavy atom. The lowest BCUT2D eigenvalue weighted by Crippen LogP contribution is -2.23. The summed E-state index contributed by atoms with van der Waals surface area (Å²) < 4.78 is 0. The molecule has 17 heavy (non-hydrogen) atoms. The fourth-order valence-electron chi connectivity index (χ4n) is 2.23. The zero-order chi connectivity index (χ0) is 11.8. The standard InChI is InChI=1S/C15H13NS/c1-11-6-7-14-13-5-3-2-4-12(13)8-9-16(14)15(17)10-11/h2-9H,10H2,1H3. The maximum Gasteiger partial charge on any atom is 0.0905 e. The Morgan fingerprint density at radius 1 is 1.18 bits per heavy atom. The Labute approximate surface area is 107 Å². The third kappa shape index (κ3) is 1.75. The maximum absolute atomic E-state index is 5.49. The molecule has 2 aliphatic rings. The van der Waals surface area contributed by atoms with E-state index >= 15 is 0 Å². The molecule has 2 aliphatic heterocycles. The molecule has 0 saturated heterocycles. The van der Waals surface area contributed by atoms with Crippen molar-refractivity contribution in [3.63, 3.8) is 0 Å². The van der Waals surface area contributed by atoms with E-state index in [1.165, 1.54) is 22.4 Å². The molecule has 1 aromatic carbocycles. The number of nitrogens with zero attached hydrogens (tertiary/aromatic N) is 1. The Morgan fingerprint density at radius 2 is 2.00 bits per heavy atom. The van der Waals surface area contributed by atoms with Gasteiger partial charge < -0.3 is 4.90 Å². The fraction of sp³-hybridized carbons (Fsp3) is 0.133. The van der Waals surface area contributed by atoms with Crippen molar-refractivity contribution in [2.24, 2.45) is 0 Å². The second-order valence-electron chi connectivity index (χ2n) is 4.41. The van der Waals surface area contributed by atoms with Gasteiger partial charge in [-0.15, -0.1) is 0 Å². The Bertz CT molecular complexity index is 578. The molecule has 1 aromatic rings. The van der Waals surface area contributed by atoms with Crippen LogP contribution in [0.2, 0.25) is 0 Å². The highest BCUT2D eigenvalue weighted by atomic mass is 32.1. The van der Waals surface area contributed by atoms with Gasteiger partial charge in [0.15, 0.2) is 0 Å². The van der Waals surface area contributed by atoms with Crippen LogP contribution in [0.1, 0.15) is 24.5 Å². The highest BCUT2D eigenvalue weighted by Crippen LogP contribution is 2.32. The summed E-state index contributed by atoms with van der Waals surface area (Å²) >= 11 is 5.49. The molecule has 0 spiro atoms. The smallest absolute Gasteiger partial charge is 0.0905 e. The molecule has 0 N–H and O–H groups in total. The monoisotopic (exact) mass is 239 g/mol. The van der Waals surface area contributed by atoms with Crippen LogP contribution >= 0.6 is 12.2 Å². The van der Waals surface area contributed by atoms with Crippen molar-refractivity contribution < 1.29 is 0 Å². The Hall–Kier alpha value is -1.67. The number of hydrogen-bond donors (Lipinski definition) is 0. The first-order valence-electron chi connectivity index (χ1n) is 5.73. The summed E-state index contributed by atoms with van der Waals surface area (Å²) in [7, 11) is 0. The number of rotatable bonds is 0. The summed E-state index contributed by atoms with van der Waals surface area (Å²) in [5.41, 5.74) is 5.00. The van der Waals surface area contributed by atoms with E-state index in [2.05, 4.69) is 60.5 Å². The molecule has 3 rings (SSSR count). The molecule has 84 valence electrons. The summed E-state index contributed by atoms with van der Waals surface area (Å²) in [5, 5.41) is 0. The van der Waals surface area contributed by atoms with E-state index in [-0.39, 0.29) is 0 Å². The van der Waals surface area contributed by atoms with Crippen molar-refractivity contribution in [3.8, 4) is 0 Å². The van der Waals surface area contributed by atoms with E-state index in [0.717, 1.165) is 11.4 Å². The normalized spacial score (nSPS) is 17.9. The van der Waals surface area contributed by atoms with E-state index in [0.29, 0.717) is 0 Å². The lowest BCUT2D eigenvalue weighted by Gasteiger charge is -2.27. The Kier molecular flexibility index (Phi) is 2.45. The topological polar surface area (TPSA) is 3.24 Å². The number of fused-ring (bicyclic) bond motifs is 3. The molecule has 0 bridgehead atoms. The van der Waals surface area contributed by atoms with Gasteiger partial charge in [-0.2, -0.15) is 0 Å². The molecular weight excluding hydrogens is 226 g/mol. The number of thiocarbonyl (C=S) groups is 1. The van der Waals surface area contributed by atoms with Gasteiger partial charge in [-0.3, -0.25) is 0 Å². The quantitative estimate of drug-likeness (QED) is 0.630. The molecule has 0 fully saturated rings. The Balaban J connectivity index is 2.19. The summed E-state index contributed by atoms with van der Waals surface area (Å²) in [4.78, 5) is 3.08. The zero-order valence-corrected chi connectivity index (χ0v) is 10.5. The van der Waals surface area contributed by atoms with E-state index in [4.69, 9.17) is 12.2 Å². The van der Waals surface area contributed by atoms with Crippen LogP contribution in [0.25, 0.3) is 11.8 Å². The summed E-state index contributed by atoms with van der Waals surface area (Å²) in [6.45, 7) is 2.12. The van der Waals surface area contributed by atoms with Crippen molar-refractivity contribution in [3.05, 3.63) is 59.3 Å². The SMILES string of the molecule is CC1=CC=C2c3ccccc3C=CN2C(=S)C1. The highest BCUT2D eigenvalue weighted by molar-refractivity contribution is 7.80. The van der Waals surface area contributed by atoms with Crippen LogP contribution in [-0.2, 0) is 0 Å². The largest absolute Gasteiger partial charge is 0.311 e. The van der Waals surface area contributed by atoms with Gasteiger partial charge in [0.25, 0.3) is 0 Å². The van der Waals surface area contributed by atoms with Gasteiger partial charge in [-0.1, -0.05) is 48.1 Å². The third-order valence-electron chi connectivity index (χ3n) is 3.12. The van der Waals surface area contributed by atoms with Gasteiger partial charge in [0.2, 0.25) is 0 Å². The van der Waals surface area contributed by atoms with E-state index in [1.54, 1.807) is 0 Å². The molecule has 0 atom stereocenters. The average Bonchev–Trinajstić information content (AvgIpc) is 2.49. The molecular formula is C15H13NS. The minimum absolute atomic E-state index is 0.863. The molecule has 0 radical (unpaired) electrons. The summed E-state index contributed by atoms with van der Waals surface area (Å²) in [6, 6.07) is 8.42. The molecule has 0 unspecified atom stereocenters. The molecule has 0 aliphatic carbocycles. The van der Waals surface area contributed by atoms with Crippen molar-refractivity contribution in [1.29, 1.82) is 0 Å². The predicted molar refractivity (Wildman–Crippen MR) is 76.3 cm³/mol. The van der Waals surface area contributed by atoms with Crippen LogP contribution in [0.5, 0.6) is 0 Å². The minimum Gasteiger partial charge on any atom is -0.311 e. The van der Waals surface area contributed by atoms with Crippen LogP contribution < -0.4 is 0 Å². The van der Waals surface area contributed by atoms with Crippen LogP contribution in [-0.4, -0.2) is 9.89 Å². The molecule has 2 heteroatoms. The molecule has 2 heterocycles. The molecule has 0 amide bonds. The maximum atomic E-state index is 5.49. The molecule has 0 saturated carbocycles. The predicted octanol–water partition coefficient (Wildman–Crippen LogP) is 3.99. The first-order valence-corrected chi connectivity index (χ1v) is 6.13. The second kappa shape index (κ2) is 3.97. The van der Waals surface area contributed by atoms with Gasteiger partial charge in [-0.25, -0.2) is 0 Å². The van der Waals surface area contributed by atoms with Gasteiger partial charge in [0.1, 0.15) is 0 Å². The van der Waals surface area contributed by atoms with E-state index < -0.39 is 0 Å². The third-order valence-corrected chi connectivity index (χ3v) is 3.46. The van der Waals surface area contributed by atoms with Crippen LogP contribution in [0, 0.1) is 0 Å². The number of benzene rings is 1. The lowest BCUT2D eigenvalue weighted by atomic mass is 10.0. The second-order valence-corrected chi connectivity index (χ2v) is 4.88. The van der Waals surface area contributed by atoms with E-state index in [1.807, 2.05) is 0 Å². The van der Waals surface area contributed by atoms with Crippen molar-refractivity contribution in [1.82, 2.24) is 4.90 Å². The van der Waals surface area contributed by atoms with Crippen molar-refractivity contribution >= 4 is 29.0 Å². The minimum atomic E-state index is 0.863. The zero-order valence-electron chi connectivity index (χ0n) is 9.68. The number of hydrogen-bond acceptors (Lipinski definition) is 1. The van der Waals surface area contributed by atoms with Gasteiger partial charge in [0, 0.05) is 18.2 Å². The lowest BCUT2D eigenvalue weighted by molar-refractivity contribution is 0.790. The van der Waals surface area contributed by atoms with Crippen LogP contribution in [0.3, 0.4) is 0 Å². The molecule has 1 nitrogen and oxygen atoms in total. The van der Waals surface area contributed by atoms with Gasteiger partial charge in [-0.05, 0) is 24.6 Å². The van der Waals surface area contributed by atoms with E-state index in [9.17, 15) is 0 Å². The average molecular weight is 239 g/mol. The highest BCUT2D eigenvalue weighted by Gasteiger charge is 2.20. The van der Waals surface area contributed by atoms with Crippen molar-refractivity contribution in [2.75, 3.05) is 0 Å². The molecule has 0 aromatic heterocycles. The first kappa shape index (κ1) is 10.5. The fourth-order valence-corrected chi connectivity index (χ4v) is 2.62. The van der Waals surface area contributed by atoms with Crippen LogP contribution in [0.15, 0.2) is 48.2 Å². The summed E-state index contributed by atoms with van der Waals surface area (Å²) in [6.07, 6.45) is 9.39. The van der Waals surface area contributed by atoms with Gasteiger partial charge >= 0.3 is 0 Å². The first-order chi connectivity index (χ1) is 8.25. The summed E-state index contributed by atoms with van der Waals surface area (Å²) in [5.74, 6) is 0. The van der Waals surface area contributed by atoms with Crippen LogP contribution in [0.4, 0.5) is 0 Å². The number of allylic oxidation sites excluding steroid dienone is 2. The van der Waals surface area contributed by atoms with Crippen molar-refractivity contribution in [2.45, 2.75) is 13.3 Å².